The van der Waals surface area contributed by atoms with Gasteiger partial charge in [-0.25, -0.2) is 4.79 Å². The normalized spacial score (nSPS) is 10.3. The Morgan fingerprint density at radius 2 is 1.86 bits per heavy atom. The van der Waals surface area contributed by atoms with Crippen molar-refractivity contribution in [3.63, 3.8) is 0 Å². The van der Waals surface area contributed by atoms with Crippen LogP contribution in [0.15, 0.2) is 30.3 Å². The summed E-state index contributed by atoms with van der Waals surface area (Å²) in [6.45, 7) is 0. The number of nitrogens with zero attached hydrogens (tertiary/aromatic N) is 1. The Morgan fingerprint density at radius 1 is 1.19 bits per heavy atom. The third-order valence-corrected chi connectivity index (χ3v) is 3.01. The maximum atomic E-state index is 11.0. The van der Waals surface area contributed by atoms with Crippen LogP contribution in [0, 0.1) is 10.1 Å². The molecule has 0 fully saturated rings. The van der Waals surface area contributed by atoms with Crippen molar-refractivity contribution in [2.75, 3.05) is 0 Å². The van der Waals surface area contributed by atoms with Crippen molar-refractivity contribution in [1.29, 1.82) is 0 Å². The smallest absolute Gasteiger partial charge is 0.339 e. The summed E-state index contributed by atoms with van der Waals surface area (Å²) in [6.07, 6.45) is 0. The van der Waals surface area contributed by atoms with Gasteiger partial charge >= 0.3 is 11.7 Å². The Kier molecular flexibility index (Phi) is 3.68. The molecular formula is C13H8ClNO6. The van der Waals surface area contributed by atoms with Gasteiger partial charge in [-0.2, -0.15) is 0 Å². The van der Waals surface area contributed by atoms with Gasteiger partial charge < -0.3 is 15.3 Å². The van der Waals surface area contributed by atoms with E-state index in [-0.39, 0.29) is 16.1 Å². The molecule has 2 aromatic rings. The highest BCUT2D eigenvalue weighted by atomic mass is 35.5. The van der Waals surface area contributed by atoms with E-state index in [9.17, 15) is 25.1 Å². The van der Waals surface area contributed by atoms with E-state index in [0.29, 0.717) is 0 Å². The molecule has 0 aliphatic rings. The first-order valence-electron chi connectivity index (χ1n) is 5.55. The Hall–Kier alpha value is -2.80. The van der Waals surface area contributed by atoms with Gasteiger partial charge in [0.1, 0.15) is 11.3 Å². The van der Waals surface area contributed by atoms with E-state index in [1.807, 2.05) is 0 Å². The molecule has 0 aliphatic heterocycles. The topological polar surface area (TPSA) is 121 Å². The van der Waals surface area contributed by atoms with Crippen LogP contribution in [0.3, 0.4) is 0 Å². The lowest BCUT2D eigenvalue weighted by molar-refractivity contribution is -0.385. The molecule has 0 unspecified atom stereocenters. The van der Waals surface area contributed by atoms with E-state index in [4.69, 9.17) is 16.7 Å². The number of hydrogen-bond donors (Lipinski definition) is 3. The molecule has 7 nitrogen and oxygen atoms in total. The minimum absolute atomic E-state index is 0.00306. The number of carboxylic acid groups (broad SMARTS) is 1. The van der Waals surface area contributed by atoms with Crippen molar-refractivity contribution in [3.05, 3.63) is 51.0 Å². The molecule has 0 amide bonds. The first-order chi connectivity index (χ1) is 9.81. The maximum absolute atomic E-state index is 11.0. The SMILES string of the molecule is O=C(O)c1cc(-c2cc(Cl)cc([N+](=O)[O-])c2O)ccc1O. The third-order valence-electron chi connectivity index (χ3n) is 2.79. The molecule has 2 aromatic carbocycles. The number of halogens is 1. The molecule has 0 spiro atoms. The van der Waals surface area contributed by atoms with E-state index >= 15 is 0 Å². The number of aromatic carboxylic acids is 1. The van der Waals surface area contributed by atoms with Crippen LogP contribution in [-0.4, -0.2) is 26.2 Å². The molecule has 21 heavy (non-hydrogen) atoms. The Morgan fingerprint density at radius 3 is 2.43 bits per heavy atom. The maximum Gasteiger partial charge on any atom is 0.339 e. The molecule has 0 bridgehead atoms. The van der Waals surface area contributed by atoms with Crippen LogP contribution in [0.1, 0.15) is 10.4 Å². The molecule has 8 heteroatoms. The van der Waals surface area contributed by atoms with Crippen LogP contribution in [0.4, 0.5) is 5.69 Å². The first kappa shape index (κ1) is 14.6. The number of phenolic OH excluding ortho intramolecular Hbond substituents is 1. The summed E-state index contributed by atoms with van der Waals surface area (Å²) in [6, 6.07) is 5.77. The predicted molar refractivity (Wildman–Crippen MR) is 73.8 cm³/mol. The largest absolute Gasteiger partial charge is 0.507 e. The molecule has 0 atom stereocenters. The zero-order valence-electron chi connectivity index (χ0n) is 10.3. The number of aromatic hydroxyl groups is 2. The number of benzene rings is 2. The summed E-state index contributed by atoms with van der Waals surface area (Å²) in [4.78, 5) is 21.0. The van der Waals surface area contributed by atoms with Crippen molar-refractivity contribution < 1.29 is 25.0 Å². The lowest BCUT2D eigenvalue weighted by atomic mass is 10.0. The number of hydrogen-bond acceptors (Lipinski definition) is 5. The number of phenols is 2. The molecule has 3 N–H and O–H groups in total. The number of nitro benzene ring substituents is 1. The summed E-state index contributed by atoms with van der Waals surface area (Å²) in [5, 5.41) is 39.2. The second kappa shape index (κ2) is 5.29. The number of rotatable bonds is 3. The van der Waals surface area contributed by atoms with E-state index in [1.54, 1.807) is 0 Å². The highest BCUT2D eigenvalue weighted by Gasteiger charge is 2.21. The van der Waals surface area contributed by atoms with Crippen LogP contribution in [0.5, 0.6) is 11.5 Å². The molecular weight excluding hydrogens is 302 g/mol. The first-order valence-corrected chi connectivity index (χ1v) is 5.92. The van der Waals surface area contributed by atoms with Crippen molar-refractivity contribution in [2.24, 2.45) is 0 Å². The molecule has 0 heterocycles. The van der Waals surface area contributed by atoms with Gasteiger partial charge in [0.25, 0.3) is 0 Å². The predicted octanol–water partition coefficient (Wildman–Crippen LogP) is 3.02. The summed E-state index contributed by atoms with van der Waals surface area (Å²) in [7, 11) is 0. The van der Waals surface area contributed by atoms with Crippen LogP contribution < -0.4 is 0 Å². The number of carbonyl (C=O) groups is 1. The average molecular weight is 310 g/mol. The van der Waals surface area contributed by atoms with E-state index in [1.165, 1.54) is 12.1 Å². The van der Waals surface area contributed by atoms with E-state index < -0.39 is 33.6 Å². The van der Waals surface area contributed by atoms with Crippen LogP contribution in [-0.2, 0) is 0 Å². The standard InChI is InChI=1S/C13H8ClNO6/c14-7-4-8(12(17)10(5-7)15(20)21)6-1-2-11(16)9(3-6)13(18)19/h1-5,16-17H,(H,18,19). The molecule has 0 aromatic heterocycles. The van der Waals surface area contributed by atoms with Gasteiger partial charge in [-0.05, 0) is 23.8 Å². The summed E-state index contributed by atoms with van der Waals surface area (Å²) < 4.78 is 0. The van der Waals surface area contributed by atoms with Gasteiger partial charge in [0.05, 0.1) is 4.92 Å². The molecule has 0 aliphatic carbocycles. The Bertz CT molecular complexity index is 759. The minimum atomic E-state index is -1.37. The Labute approximate surface area is 122 Å². The van der Waals surface area contributed by atoms with Gasteiger partial charge in [0, 0.05) is 16.7 Å². The lowest BCUT2D eigenvalue weighted by Gasteiger charge is -2.08. The van der Waals surface area contributed by atoms with Crippen LogP contribution in [0.25, 0.3) is 11.1 Å². The fourth-order valence-electron chi connectivity index (χ4n) is 1.82. The van der Waals surface area contributed by atoms with Gasteiger partial charge in [-0.1, -0.05) is 17.7 Å². The quantitative estimate of drug-likeness (QED) is 0.592. The van der Waals surface area contributed by atoms with Gasteiger partial charge in [-0.3, -0.25) is 10.1 Å². The van der Waals surface area contributed by atoms with Crippen molar-refractivity contribution in [3.8, 4) is 22.6 Å². The molecule has 2 rings (SSSR count). The van der Waals surface area contributed by atoms with E-state index in [0.717, 1.165) is 18.2 Å². The Balaban J connectivity index is 2.70. The fourth-order valence-corrected chi connectivity index (χ4v) is 2.03. The lowest BCUT2D eigenvalue weighted by Crippen LogP contribution is -1.97. The number of carboxylic acids is 1. The molecule has 108 valence electrons. The number of nitro groups is 1. The molecule has 0 saturated carbocycles. The third kappa shape index (κ3) is 2.72. The van der Waals surface area contributed by atoms with Crippen LogP contribution in [0.2, 0.25) is 5.02 Å². The zero-order valence-corrected chi connectivity index (χ0v) is 11.0. The monoisotopic (exact) mass is 309 g/mol. The minimum Gasteiger partial charge on any atom is -0.507 e. The van der Waals surface area contributed by atoms with Gasteiger partial charge in [0.15, 0.2) is 0 Å². The zero-order chi connectivity index (χ0) is 15.7. The van der Waals surface area contributed by atoms with Crippen molar-refractivity contribution >= 4 is 23.3 Å². The average Bonchev–Trinajstić information content (AvgIpc) is 2.41. The van der Waals surface area contributed by atoms with Crippen molar-refractivity contribution in [2.45, 2.75) is 0 Å². The van der Waals surface area contributed by atoms with Crippen LogP contribution >= 0.6 is 11.6 Å². The fraction of sp³-hybridized carbons (Fsp3) is 0. The second-order valence-electron chi connectivity index (χ2n) is 4.12. The van der Waals surface area contributed by atoms with Gasteiger partial charge in [-0.15, -0.1) is 0 Å². The molecule has 0 radical (unpaired) electrons. The van der Waals surface area contributed by atoms with E-state index in [2.05, 4.69) is 0 Å². The summed E-state index contributed by atoms with van der Waals surface area (Å²) >= 11 is 5.77. The second-order valence-corrected chi connectivity index (χ2v) is 4.55. The van der Waals surface area contributed by atoms with Crippen molar-refractivity contribution in [1.82, 2.24) is 0 Å². The summed E-state index contributed by atoms with van der Waals surface area (Å²) in [5.41, 5.74) is -0.818. The van der Waals surface area contributed by atoms with Gasteiger partial charge in [0.2, 0.25) is 5.75 Å². The summed E-state index contributed by atoms with van der Waals surface area (Å²) in [5.74, 6) is -2.46. The highest BCUT2D eigenvalue weighted by Crippen LogP contribution is 2.40. The molecule has 0 saturated heterocycles. The highest BCUT2D eigenvalue weighted by molar-refractivity contribution is 6.31.